The molecule has 1 atom stereocenters. The van der Waals surface area contributed by atoms with E-state index in [9.17, 15) is 13.2 Å². The van der Waals surface area contributed by atoms with E-state index in [0.29, 0.717) is 25.9 Å². The fourth-order valence-corrected chi connectivity index (χ4v) is 4.44. The maximum Gasteiger partial charge on any atom is 0.246 e. The molecule has 2 rings (SSSR count). The maximum absolute atomic E-state index is 12.1. The van der Waals surface area contributed by atoms with Crippen molar-refractivity contribution < 1.29 is 17.9 Å². The fourth-order valence-electron chi connectivity index (χ4n) is 2.63. The van der Waals surface area contributed by atoms with Crippen molar-refractivity contribution >= 4 is 27.3 Å². The molecule has 1 aliphatic heterocycles. The molecule has 1 aromatic heterocycles. The van der Waals surface area contributed by atoms with Crippen LogP contribution in [0.5, 0.6) is 0 Å². The number of carbonyl (C=O) groups excluding carboxylic acids is 1. The van der Waals surface area contributed by atoms with Crippen LogP contribution in [0.15, 0.2) is 5.38 Å². The monoisotopic (exact) mass is 375 g/mol. The van der Waals surface area contributed by atoms with Gasteiger partial charge in [0.25, 0.3) is 0 Å². The van der Waals surface area contributed by atoms with Crippen molar-refractivity contribution in [2.45, 2.75) is 45.3 Å². The summed E-state index contributed by atoms with van der Waals surface area (Å²) in [6.45, 7) is 4.82. The number of sulfonamides is 1. The topological polar surface area (TPSA) is 88.6 Å². The molecule has 0 aromatic carbocycles. The molecule has 1 saturated heterocycles. The number of piperidine rings is 1. The first-order chi connectivity index (χ1) is 11.3. The van der Waals surface area contributed by atoms with Crippen LogP contribution in [0.4, 0.5) is 0 Å². The minimum Gasteiger partial charge on any atom is -0.368 e. The van der Waals surface area contributed by atoms with Gasteiger partial charge >= 0.3 is 0 Å². The second-order valence-corrected chi connectivity index (χ2v) is 8.90. The Morgan fingerprint density at radius 3 is 2.67 bits per heavy atom. The van der Waals surface area contributed by atoms with E-state index in [4.69, 9.17) is 4.74 Å². The van der Waals surface area contributed by atoms with Crippen LogP contribution in [-0.2, 0) is 19.6 Å². The van der Waals surface area contributed by atoms with E-state index < -0.39 is 10.0 Å². The maximum atomic E-state index is 12.1. The molecule has 1 aromatic rings. The zero-order chi connectivity index (χ0) is 17.7. The molecule has 1 aliphatic rings. The van der Waals surface area contributed by atoms with E-state index in [1.54, 1.807) is 11.3 Å². The summed E-state index contributed by atoms with van der Waals surface area (Å²) in [5, 5.41) is 5.82. The van der Waals surface area contributed by atoms with Crippen molar-refractivity contribution in [1.29, 1.82) is 0 Å². The number of aromatic nitrogens is 1. The lowest BCUT2D eigenvalue weighted by atomic mass is 10.1. The number of hydrogen-bond acceptors (Lipinski definition) is 6. The van der Waals surface area contributed by atoms with Crippen molar-refractivity contribution in [3.05, 3.63) is 16.1 Å². The van der Waals surface area contributed by atoms with Crippen molar-refractivity contribution in [1.82, 2.24) is 14.6 Å². The van der Waals surface area contributed by atoms with Crippen molar-refractivity contribution in [2.24, 2.45) is 0 Å². The molecule has 136 valence electrons. The van der Waals surface area contributed by atoms with Crippen LogP contribution in [0, 0.1) is 6.92 Å². The van der Waals surface area contributed by atoms with Crippen molar-refractivity contribution in [3.63, 3.8) is 0 Å². The van der Waals surface area contributed by atoms with Gasteiger partial charge in [0.1, 0.15) is 11.6 Å². The number of nitrogens with zero attached hydrogens (tertiary/aromatic N) is 2. The minimum atomic E-state index is -3.14. The van der Waals surface area contributed by atoms with Gasteiger partial charge in [0.05, 0.1) is 18.4 Å². The Morgan fingerprint density at radius 2 is 2.17 bits per heavy atom. The van der Waals surface area contributed by atoms with Gasteiger partial charge in [-0.15, -0.1) is 11.3 Å². The molecule has 7 nitrogen and oxygen atoms in total. The summed E-state index contributed by atoms with van der Waals surface area (Å²) in [5.74, 6) is -0.166. The highest BCUT2D eigenvalue weighted by atomic mass is 32.2. The van der Waals surface area contributed by atoms with E-state index in [2.05, 4.69) is 10.3 Å². The molecular formula is C15H25N3O4S2. The number of nitrogens with one attached hydrogen (secondary N) is 1. The highest BCUT2D eigenvalue weighted by Crippen LogP contribution is 2.21. The van der Waals surface area contributed by atoms with Gasteiger partial charge < -0.3 is 10.1 Å². The van der Waals surface area contributed by atoms with Crippen LogP contribution >= 0.6 is 11.3 Å². The van der Waals surface area contributed by atoms with Gasteiger partial charge in [0.2, 0.25) is 15.9 Å². The Morgan fingerprint density at radius 1 is 1.50 bits per heavy atom. The van der Waals surface area contributed by atoms with E-state index in [1.165, 1.54) is 10.6 Å². The van der Waals surface area contributed by atoms with Crippen LogP contribution in [0.25, 0.3) is 0 Å². The van der Waals surface area contributed by atoms with Crippen molar-refractivity contribution in [2.75, 3.05) is 26.0 Å². The third-order valence-electron chi connectivity index (χ3n) is 4.00. The molecule has 0 bridgehead atoms. The fraction of sp³-hybridized carbons (Fsp3) is 0.733. The minimum absolute atomic E-state index is 0.00952. The Hall–Kier alpha value is -1.03. The Kier molecular flexibility index (Phi) is 6.73. The molecule has 2 heterocycles. The molecule has 1 N–H and O–H groups in total. The molecule has 1 amide bonds. The van der Waals surface area contributed by atoms with Crippen LogP contribution < -0.4 is 5.32 Å². The first-order valence-corrected chi connectivity index (χ1v) is 10.8. The van der Waals surface area contributed by atoms with E-state index in [1.807, 2.05) is 19.2 Å². The van der Waals surface area contributed by atoms with E-state index in [-0.39, 0.29) is 24.7 Å². The summed E-state index contributed by atoms with van der Waals surface area (Å²) in [4.78, 5) is 16.5. The van der Waals surface area contributed by atoms with E-state index in [0.717, 1.165) is 17.1 Å². The third kappa shape index (κ3) is 5.51. The molecule has 0 aliphatic carbocycles. The third-order valence-corrected chi connectivity index (χ3v) is 6.38. The van der Waals surface area contributed by atoms with Gasteiger partial charge in [-0.1, -0.05) is 6.92 Å². The zero-order valence-electron chi connectivity index (χ0n) is 14.3. The second kappa shape index (κ2) is 8.37. The first-order valence-electron chi connectivity index (χ1n) is 8.07. The van der Waals surface area contributed by atoms with Crippen LogP contribution in [-0.4, -0.2) is 55.7 Å². The summed E-state index contributed by atoms with van der Waals surface area (Å²) < 4.78 is 30.0. The normalized spacial score (nSPS) is 18.5. The Balaban J connectivity index is 1.75. The van der Waals surface area contributed by atoms with E-state index >= 15 is 0 Å². The summed E-state index contributed by atoms with van der Waals surface area (Å²) in [7, 11) is -3.14. The lowest BCUT2D eigenvalue weighted by Gasteiger charge is -2.30. The number of thiazole rings is 1. The van der Waals surface area contributed by atoms with Crippen LogP contribution in [0.3, 0.4) is 0 Å². The smallest absolute Gasteiger partial charge is 0.246 e. The summed E-state index contributed by atoms with van der Waals surface area (Å²) in [6, 6.07) is -0.0909. The average molecular weight is 376 g/mol. The quantitative estimate of drug-likeness (QED) is 0.779. The molecule has 1 fully saturated rings. The molecular weight excluding hydrogens is 350 g/mol. The number of rotatable bonds is 7. The van der Waals surface area contributed by atoms with Gasteiger partial charge in [-0.25, -0.2) is 17.7 Å². The first kappa shape index (κ1) is 19.3. The number of hydrogen-bond donors (Lipinski definition) is 1. The average Bonchev–Trinajstić information content (AvgIpc) is 2.96. The number of amides is 1. The van der Waals surface area contributed by atoms with Gasteiger partial charge in [-0.3, -0.25) is 4.79 Å². The van der Waals surface area contributed by atoms with Crippen molar-refractivity contribution in [3.8, 4) is 0 Å². The van der Waals surface area contributed by atoms with Gasteiger partial charge in [-0.05, 0) is 26.2 Å². The number of ether oxygens (including phenoxy) is 1. The summed E-state index contributed by atoms with van der Waals surface area (Å²) >= 11 is 1.54. The largest absolute Gasteiger partial charge is 0.368 e. The lowest BCUT2D eigenvalue weighted by Crippen LogP contribution is -2.41. The van der Waals surface area contributed by atoms with Crippen LogP contribution in [0.2, 0.25) is 0 Å². The molecule has 0 spiro atoms. The Bertz CT molecular complexity index is 651. The zero-order valence-corrected chi connectivity index (χ0v) is 16.0. The highest BCUT2D eigenvalue weighted by Gasteiger charge is 2.26. The predicted molar refractivity (Wildman–Crippen MR) is 93.4 cm³/mol. The predicted octanol–water partition coefficient (Wildman–Crippen LogP) is 1.46. The molecule has 1 unspecified atom stereocenters. The summed E-state index contributed by atoms with van der Waals surface area (Å²) in [5.41, 5.74) is 0.955. The number of aryl methyl sites for hydroxylation is 1. The van der Waals surface area contributed by atoms with Crippen LogP contribution in [0.1, 0.15) is 42.9 Å². The highest BCUT2D eigenvalue weighted by molar-refractivity contribution is 7.88. The Labute approximate surface area is 147 Å². The molecule has 24 heavy (non-hydrogen) atoms. The molecule has 9 heteroatoms. The summed E-state index contributed by atoms with van der Waals surface area (Å²) in [6.07, 6.45) is 3.14. The standard InChI is InChI=1S/C15H25N3O4S2/c1-4-13(15-16-11(2)10-23-15)17-14(19)9-22-12-5-7-18(8-6-12)24(3,20)21/h10,12-13H,4-9H2,1-3H3,(H,17,19). The SMILES string of the molecule is CCC(NC(=O)COC1CCN(S(C)(=O)=O)CC1)c1nc(C)cs1. The number of carbonyl (C=O) groups is 1. The molecule has 0 radical (unpaired) electrons. The lowest BCUT2D eigenvalue weighted by molar-refractivity contribution is -0.129. The molecule has 0 saturated carbocycles. The second-order valence-electron chi connectivity index (χ2n) is 6.03. The van der Waals surface area contributed by atoms with Gasteiger partial charge in [-0.2, -0.15) is 0 Å². The van der Waals surface area contributed by atoms with Gasteiger partial charge in [0.15, 0.2) is 0 Å². The van der Waals surface area contributed by atoms with Gasteiger partial charge in [0, 0.05) is 24.2 Å².